The van der Waals surface area contributed by atoms with Gasteiger partial charge < -0.3 is 9.53 Å². The van der Waals surface area contributed by atoms with Crippen LogP contribution in [0.2, 0.25) is 0 Å². The summed E-state index contributed by atoms with van der Waals surface area (Å²) >= 11 is 0. The summed E-state index contributed by atoms with van der Waals surface area (Å²) in [4.78, 5) is 10.4. The Kier molecular flexibility index (Phi) is 4.28. The van der Waals surface area contributed by atoms with Crippen LogP contribution in [-0.4, -0.2) is 13.4 Å². The second-order valence-electron chi connectivity index (χ2n) is 3.51. The molecule has 0 spiro atoms. The van der Waals surface area contributed by atoms with Gasteiger partial charge in [-0.25, -0.2) is 4.39 Å². The van der Waals surface area contributed by atoms with Crippen LogP contribution in [0.25, 0.3) is 0 Å². The molecule has 0 fully saturated rings. The number of methoxy groups -OCH3 is 1. The fraction of sp³-hybridized carbons (Fsp3) is 0.417. The van der Waals surface area contributed by atoms with E-state index in [9.17, 15) is 9.18 Å². The van der Waals surface area contributed by atoms with E-state index in [1.54, 1.807) is 12.1 Å². The van der Waals surface area contributed by atoms with Gasteiger partial charge in [-0.3, -0.25) is 0 Å². The fourth-order valence-corrected chi connectivity index (χ4v) is 1.49. The Hall–Kier alpha value is -1.38. The Morgan fingerprint density at radius 3 is 2.80 bits per heavy atom. The monoisotopic (exact) mass is 210 g/mol. The lowest BCUT2D eigenvalue weighted by Gasteiger charge is -2.12. The van der Waals surface area contributed by atoms with Crippen molar-refractivity contribution >= 4 is 6.29 Å². The van der Waals surface area contributed by atoms with Crippen molar-refractivity contribution < 1.29 is 13.9 Å². The number of benzene rings is 1. The van der Waals surface area contributed by atoms with Crippen LogP contribution in [0.15, 0.2) is 18.2 Å². The van der Waals surface area contributed by atoms with Crippen molar-refractivity contribution in [1.29, 1.82) is 0 Å². The number of aldehydes is 1. The van der Waals surface area contributed by atoms with E-state index in [2.05, 4.69) is 0 Å². The number of hydrogen-bond donors (Lipinski definition) is 0. The molecule has 0 amide bonds. The van der Waals surface area contributed by atoms with Crippen molar-refractivity contribution in [3.05, 3.63) is 29.3 Å². The van der Waals surface area contributed by atoms with E-state index in [4.69, 9.17) is 4.74 Å². The summed E-state index contributed by atoms with van der Waals surface area (Å²) in [5, 5.41) is 0. The first-order valence-electron chi connectivity index (χ1n) is 4.89. The molecule has 0 radical (unpaired) electrons. The molecular formula is C12H15FO2. The third-order valence-corrected chi connectivity index (χ3v) is 2.47. The smallest absolute Gasteiger partial charge is 0.124 e. The van der Waals surface area contributed by atoms with Crippen LogP contribution in [0.3, 0.4) is 0 Å². The second kappa shape index (κ2) is 5.49. The molecule has 0 saturated carbocycles. The highest BCUT2D eigenvalue weighted by Gasteiger charge is 2.09. The molecule has 1 aromatic rings. The summed E-state index contributed by atoms with van der Waals surface area (Å²) in [5.41, 5.74) is 1.50. The Morgan fingerprint density at radius 1 is 1.53 bits per heavy atom. The molecule has 1 aromatic carbocycles. The molecule has 2 nitrogen and oxygen atoms in total. The number of carbonyl (C=O) groups is 1. The predicted octanol–water partition coefficient (Wildman–Crippen LogP) is 2.86. The van der Waals surface area contributed by atoms with Gasteiger partial charge in [0.15, 0.2) is 0 Å². The number of hydrogen-bond acceptors (Lipinski definition) is 2. The Balaban J connectivity index is 2.96. The normalized spacial score (nSPS) is 12.2. The van der Waals surface area contributed by atoms with Gasteiger partial charge in [0.1, 0.15) is 18.7 Å². The highest BCUT2D eigenvalue weighted by molar-refractivity contribution is 5.52. The van der Waals surface area contributed by atoms with Crippen LogP contribution in [0, 0.1) is 0 Å². The van der Waals surface area contributed by atoms with Gasteiger partial charge >= 0.3 is 0 Å². The molecule has 0 aliphatic carbocycles. The maximum Gasteiger partial charge on any atom is 0.124 e. The summed E-state index contributed by atoms with van der Waals surface area (Å²) in [6, 6.07) is 5.37. The van der Waals surface area contributed by atoms with Crippen molar-refractivity contribution in [2.75, 3.05) is 7.11 Å². The van der Waals surface area contributed by atoms with Crippen LogP contribution >= 0.6 is 0 Å². The number of halogens is 1. The van der Waals surface area contributed by atoms with Crippen molar-refractivity contribution in [3.63, 3.8) is 0 Å². The van der Waals surface area contributed by atoms with Gasteiger partial charge in [-0.15, -0.1) is 0 Å². The summed E-state index contributed by atoms with van der Waals surface area (Å²) in [7, 11) is 1.52. The zero-order chi connectivity index (χ0) is 11.3. The quantitative estimate of drug-likeness (QED) is 0.698. The maximum atomic E-state index is 12.7. The molecule has 0 aromatic heterocycles. The van der Waals surface area contributed by atoms with Crippen molar-refractivity contribution in [2.45, 2.75) is 25.9 Å². The van der Waals surface area contributed by atoms with Gasteiger partial charge in [-0.2, -0.15) is 0 Å². The number of rotatable bonds is 5. The summed E-state index contributed by atoms with van der Waals surface area (Å²) in [6.45, 7) is 1.39. The predicted molar refractivity (Wildman–Crippen MR) is 56.9 cm³/mol. The number of ether oxygens (including phenoxy) is 1. The third kappa shape index (κ3) is 2.78. The minimum atomic E-state index is -0.551. The Labute approximate surface area is 89.1 Å². The lowest BCUT2D eigenvalue weighted by atomic mass is 9.96. The molecule has 1 rings (SSSR count). The molecule has 82 valence electrons. The van der Waals surface area contributed by atoms with Crippen LogP contribution in [-0.2, 0) is 11.5 Å². The molecule has 1 unspecified atom stereocenters. The standard InChI is InChI=1S/C12H15FO2/c1-9(5-6-14)10-3-4-12(15-2)11(7-10)8-13/h3-4,6-7,9H,5,8H2,1-2H3. The van der Waals surface area contributed by atoms with Gasteiger partial charge in [-0.1, -0.05) is 13.0 Å². The van der Waals surface area contributed by atoms with E-state index in [1.165, 1.54) is 7.11 Å². The molecule has 0 aliphatic rings. The lowest BCUT2D eigenvalue weighted by Crippen LogP contribution is -1.97. The molecule has 0 N–H and O–H groups in total. The summed E-state index contributed by atoms with van der Waals surface area (Å²) in [6.07, 6.45) is 1.34. The zero-order valence-corrected chi connectivity index (χ0v) is 9.00. The van der Waals surface area contributed by atoms with Gasteiger partial charge in [-0.05, 0) is 23.6 Å². The van der Waals surface area contributed by atoms with E-state index in [0.29, 0.717) is 17.7 Å². The Bertz CT molecular complexity index is 336. The van der Waals surface area contributed by atoms with Gasteiger partial charge in [0, 0.05) is 12.0 Å². The van der Waals surface area contributed by atoms with Crippen LogP contribution in [0.4, 0.5) is 4.39 Å². The van der Waals surface area contributed by atoms with Crippen LogP contribution < -0.4 is 4.74 Å². The molecule has 0 saturated heterocycles. The molecular weight excluding hydrogens is 195 g/mol. The van der Waals surface area contributed by atoms with E-state index >= 15 is 0 Å². The molecule has 0 aliphatic heterocycles. The minimum Gasteiger partial charge on any atom is -0.496 e. The maximum absolute atomic E-state index is 12.7. The van der Waals surface area contributed by atoms with Crippen molar-refractivity contribution in [2.24, 2.45) is 0 Å². The highest BCUT2D eigenvalue weighted by atomic mass is 19.1. The van der Waals surface area contributed by atoms with Crippen LogP contribution in [0.1, 0.15) is 30.4 Å². The SMILES string of the molecule is COc1ccc(C(C)CC=O)cc1CF. The van der Waals surface area contributed by atoms with Crippen LogP contribution in [0.5, 0.6) is 5.75 Å². The highest BCUT2D eigenvalue weighted by Crippen LogP contribution is 2.26. The van der Waals surface area contributed by atoms with E-state index in [1.807, 2.05) is 13.0 Å². The summed E-state index contributed by atoms with van der Waals surface area (Å²) < 4.78 is 17.7. The summed E-state index contributed by atoms with van der Waals surface area (Å²) in [5.74, 6) is 0.679. The van der Waals surface area contributed by atoms with Gasteiger partial charge in [0.25, 0.3) is 0 Å². The average Bonchev–Trinajstić information content (AvgIpc) is 2.28. The first-order valence-corrected chi connectivity index (χ1v) is 4.89. The number of alkyl halides is 1. The third-order valence-electron chi connectivity index (χ3n) is 2.47. The molecule has 0 bridgehead atoms. The minimum absolute atomic E-state index is 0.124. The average molecular weight is 210 g/mol. The first kappa shape index (κ1) is 11.7. The van der Waals surface area contributed by atoms with Gasteiger partial charge in [0.2, 0.25) is 0 Å². The fourth-order valence-electron chi connectivity index (χ4n) is 1.49. The van der Waals surface area contributed by atoms with Crippen molar-refractivity contribution in [3.8, 4) is 5.75 Å². The largest absolute Gasteiger partial charge is 0.496 e. The molecule has 1 atom stereocenters. The molecule has 0 heterocycles. The molecule has 15 heavy (non-hydrogen) atoms. The lowest BCUT2D eigenvalue weighted by molar-refractivity contribution is -0.108. The Morgan fingerprint density at radius 2 is 2.27 bits per heavy atom. The number of carbonyl (C=O) groups excluding carboxylic acids is 1. The van der Waals surface area contributed by atoms with Gasteiger partial charge in [0.05, 0.1) is 7.11 Å². The van der Waals surface area contributed by atoms with E-state index in [0.717, 1.165) is 11.8 Å². The first-order chi connectivity index (χ1) is 7.22. The molecule has 3 heteroatoms. The van der Waals surface area contributed by atoms with Crippen molar-refractivity contribution in [1.82, 2.24) is 0 Å². The topological polar surface area (TPSA) is 26.3 Å². The zero-order valence-electron chi connectivity index (χ0n) is 9.00. The van der Waals surface area contributed by atoms with E-state index < -0.39 is 6.67 Å². The second-order valence-corrected chi connectivity index (χ2v) is 3.51. The van der Waals surface area contributed by atoms with E-state index in [-0.39, 0.29) is 5.92 Å².